The number of urea groups is 1. The highest BCUT2D eigenvalue weighted by Crippen LogP contribution is 2.12. The van der Waals surface area contributed by atoms with E-state index in [-0.39, 0.29) is 6.73 Å². The monoisotopic (exact) mass is 151 g/mol. The number of nitrogens with one attached hydrogen (secondary N) is 1. The van der Waals surface area contributed by atoms with Crippen LogP contribution in [0.3, 0.4) is 0 Å². The Morgan fingerprint density at radius 1 is 1.89 bits per heavy atom. The van der Waals surface area contributed by atoms with Crippen LogP contribution in [-0.4, -0.2) is 19.4 Å². The third-order valence-corrected chi connectivity index (χ3v) is 0.985. The summed E-state index contributed by atoms with van der Waals surface area (Å²) in [6, 6.07) is -0.688. The Morgan fingerprint density at radius 2 is 2.44 bits per heavy atom. The van der Waals surface area contributed by atoms with Crippen molar-refractivity contribution in [3.05, 3.63) is 0 Å². The molecule has 0 aliphatic heterocycles. The molecule has 3 N–H and O–H groups in total. The highest BCUT2D eigenvalue weighted by atomic mass is 31.1. The van der Waals surface area contributed by atoms with Crippen molar-refractivity contribution in [2.45, 2.75) is 0 Å². The molecule has 0 rings (SSSR count). The van der Waals surface area contributed by atoms with Gasteiger partial charge < -0.3 is 11.1 Å². The van der Waals surface area contributed by atoms with Crippen LogP contribution in [0.5, 0.6) is 0 Å². The first-order valence-electron chi connectivity index (χ1n) is 2.20. The predicted octanol–water partition coefficient (Wildman–Crippen LogP) is 0.00100. The van der Waals surface area contributed by atoms with E-state index in [9.17, 15) is 9.36 Å². The fourth-order valence-corrected chi connectivity index (χ4v) is 0.441. The van der Waals surface area contributed by atoms with Crippen molar-refractivity contribution >= 4 is 14.1 Å². The van der Waals surface area contributed by atoms with Crippen molar-refractivity contribution in [2.75, 3.05) is 13.4 Å². The molecule has 0 aromatic carbocycles. The van der Waals surface area contributed by atoms with Crippen molar-refractivity contribution in [3.8, 4) is 0 Å². The molecule has 0 saturated carbocycles. The minimum Gasteiger partial charge on any atom is -0.352 e. The first-order chi connectivity index (χ1) is 4.13. The first-order valence-corrected chi connectivity index (χ1v) is 3.82. The molecule has 0 fully saturated rings. The molecule has 5 nitrogen and oxygen atoms in total. The average molecular weight is 151 g/mol. The summed E-state index contributed by atoms with van der Waals surface area (Å²) >= 11 is 0. The van der Waals surface area contributed by atoms with Crippen LogP contribution >= 0.6 is 8.03 Å². The van der Waals surface area contributed by atoms with E-state index in [0.29, 0.717) is 0 Å². The van der Waals surface area contributed by atoms with Crippen LogP contribution in [0.1, 0.15) is 0 Å². The summed E-state index contributed by atoms with van der Waals surface area (Å²) in [4.78, 5) is 9.92. The quantitative estimate of drug-likeness (QED) is 0.440. The Labute approximate surface area is 53.4 Å². The third-order valence-electron chi connectivity index (χ3n) is 0.493. The molecule has 6 heteroatoms. The van der Waals surface area contributed by atoms with Gasteiger partial charge in [-0.3, -0.25) is 0 Å². The lowest BCUT2D eigenvalue weighted by atomic mass is 11.0. The van der Waals surface area contributed by atoms with Crippen LogP contribution < -0.4 is 11.1 Å². The molecular formula is C3H8N2O3P+. The maximum absolute atomic E-state index is 10.2. The second-order valence-electron chi connectivity index (χ2n) is 1.25. The zero-order valence-electron chi connectivity index (χ0n) is 4.96. The second-order valence-corrected chi connectivity index (χ2v) is 2.39. The number of hydrogen-bond acceptors (Lipinski definition) is 3. The Hall–Kier alpha value is -0.670. The molecule has 2 amide bonds. The fourth-order valence-electron chi connectivity index (χ4n) is 0.194. The van der Waals surface area contributed by atoms with Gasteiger partial charge in [0, 0.05) is 0 Å². The standard InChI is InChI=1S/C3H7N2O3P/c1-9(7)8-2-5-3(4)6/h2H2,1H3,(H2-,4,5,6)/p+1. The zero-order valence-corrected chi connectivity index (χ0v) is 5.85. The molecular weight excluding hydrogens is 143 g/mol. The van der Waals surface area contributed by atoms with Gasteiger partial charge in [-0.25, -0.2) is 4.79 Å². The molecule has 0 aromatic rings. The lowest BCUT2D eigenvalue weighted by Crippen LogP contribution is -2.30. The van der Waals surface area contributed by atoms with Gasteiger partial charge in [0.05, 0.1) is 0 Å². The van der Waals surface area contributed by atoms with Gasteiger partial charge in [-0.05, 0) is 4.57 Å². The minimum atomic E-state index is -1.65. The molecule has 0 heterocycles. The van der Waals surface area contributed by atoms with E-state index in [1.54, 1.807) is 0 Å². The van der Waals surface area contributed by atoms with E-state index in [1.165, 1.54) is 6.66 Å². The van der Waals surface area contributed by atoms with Crippen LogP contribution in [0.15, 0.2) is 0 Å². The van der Waals surface area contributed by atoms with Gasteiger partial charge in [0.2, 0.25) is 0 Å². The maximum Gasteiger partial charge on any atom is 0.506 e. The Kier molecular flexibility index (Phi) is 3.92. The zero-order chi connectivity index (χ0) is 7.28. The third kappa shape index (κ3) is 7.33. The average Bonchev–Trinajstić information content (AvgIpc) is 1.63. The van der Waals surface area contributed by atoms with E-state index in [4.69, 9.17) is 0 Å². The maximum atomic E-state index is 10.2. The number of carbonyl (C=O) groups excluding carboxylic acids is 1. The number of hydrogen-bond donors (Lipinski definition) is 2. The van der Waals surface area contributed by atoms with Crippen molar-refractivity contribution in [2.24, 2.45) is 5.73 Å². The summed E-state index contributed by atoms with van der Waals surface area (Å²) in [6.07, 6.45) is 0. The van der Waals surface area contributed by atoms with Crippen molar-refractivity contribution in [3.63, 3.8) is 0 Å². The van der Waals surface area contributed by atoms with E-state index in [0.717, 1.165) is 0 Å². The molecule has 0 spiro atoms. The smallest absolute Gasteiger partial charge is 0.352 e. The predicted molar refractivity (Wildman–Crippen MR) is 32.2 cm³/mol. The molecule has 0 saturated heterocycles. The van der Waals surface area contributed by atoms with Gasteiger partial charge in [-0.1, -0.05) is 0 Å². The lowest BCUT2D eigenvalue weighted by Gasteiger charge is -1.90. The fraction of sp³-hybridized carbons (Fsp3) is 0.667. The number of primary amides is 1. The van der Waals surface area contributed by atoms with Crippen molar-refractivity contribution in [1.82, 2.24) is 5.32 Å². The molecule has 52 valence electrons. The number of carbonyl (C=O) groups is 1. The number of amides is 2. The molecule has 0 aliphatic carbocycles. The van der Waals surface area contributed by atoms with E-state index in [1.807, 2.05) is 0 Å². The number of nitrogens with two attached hydrogens (primary N) is 1. The Bertz CT molecular complexity index is 112. The van der Waals surface area contributed by atoms with Crippen LogP contribution in [0.25, 0.3) is 0 Å². The highest BCUT2D eigenvalue weighted by Gasteiger charge is 2.05. The summed E-state index contributed by atoms with van der Waals surface area (Å²) in [6.45, 7) is 1.29. The summed E-state index contributed by atoms with van der Waals surface area (Å²) in [5, 5.41) is 2.11. The molecule has 0 bridgehead atoms. The topological polar surface area (TPSA) is 81.4 Å². The second kappa shape index (κ2) is 4.23. The molecule has 1 atom stereocenters. The molecule has 0 aliphatic rings. The van der Waals surface area contributed by atoms with Gasteiger partial charge >= 0.3 is 14.1 Å². The molecule has 1 unspecified atom stereocenters. The van der Waals surface area contributed by atoms with E-state index < -0.39 is 14.1 Å². The summed E-state index contributed by atoms with van der Waals surface area (Å²) < 4.78 is 14.6. The van der Waals surface area contributed by atoms with Crippen LogP contribution in [-0.2, 0) is 9.09 Å². The summed E-state index contributed by atoms with van der Waals surface area (Å²) in [5.74, 6) is 0. The van der Waals surface area contributed by atoms with Crippen molar-refractivity contribution < 1.29 is 13.9 Å². The largest absolute Gasteiger partial charge is 0.506 e. The molecule has 0 aromatic heterocycles. The Morgan fingerprint density at radius 3 is 2.78 bits per heavy atom. The van der Waals surface area contributed by atoms with Crippen molar-refractivity contribution in [1.29, 1.82) is 0 Å². The van der Waals surface area contributed by atoms with Crippen LogP contribution in [0, 0.1) is 0 Å². The number of rotatable bonds is 3. The van der Waals surface area contributed by atoms with Gasteiger partial charge in [-0.2, -0.15) is 0 Å². The van der Waals surface area contributed by atoms with Crippen LogP contribution in [0.2, 0.25) is 0 Å². The SMILES string of the molecule is C[P+](=O)OCNC(N)=O. The van der Waals surface area contributed by atoms with Crippen LogP contribution in [0.4, 0.5) is 4.79 Å². The van der Waals surface area contributed by atoms with Gasteiger partial charge in [0.1, 0.15) is 0 Å². The summed E-state index contributed by atoms with van der Waals surface area (Å²) in [5.41, 5.74) is 4.65. The highest BCUT2D eigenvalue weighted by molar-refractivity contribution is 7.38. The van der Waals surface area contributed by atoms with E-state index >= 15 is 0 Å². The lowest BCUT2D eigenvalue weighted by molar-refractivity contribution is 0.235. The van der Waals surface area contributed by atoms with Gasteiger partial charge in [0.15, 0.2) is 13.4 Å². The van der Waals surface area contributed by atoms with Gasteiger partial charge in [0.25, 0.3) is 0 Å². The Balaban J connectivity index is 3.10. The van der Waals surface area contributed by atoms with E-state index in [2.05, 4.69) is 15.6 Å². The van der Waals surface area contributed by atoms with Gasteiger partial charge in [-0.15, -0.1) is 4.52 Å². The first kappa shape index (κ1) is 8.33. The normalized spacial score (nSPS) is 10.6. The minimum absolute atomic E-state index is 0.0962. The molecule has 9 heavy (non-hydrogen) atoms. The molecule has 0 radical (unpaired) electrons. The summed E-state index contributed by atoms with van der Waals surface area (Å²) in [7, 11) is -1.65.